The molecule has 2 rings (SSSR count). The molecule has 1 unspecified atom stereocenters. The molecule has 31 heavy (non-hydrogen) atoms. The van der Waals surface area contributed by atoms with Gasteiger partial charge in [-0.2, -0.15) is 5.26 Å². The molecule has 1 atom stereocenters. The van der Waals surface area contributed by atoms with Gasteiger partial charge in [-0.05, 0) is 74.6 Å². The Hall–Kier alpha value is -3.59. The molecule has 6 heteroatoms. The predicted molar refractivity (Wildman–Crippen MR) is 117 cm³/mol. The molecule has 0 heterocycles. The maximum atomic E-state index is 12.4. The van der Waals surface area contributed by atoms with Gasteiger partial charge in [-0.15, -0.1) is 0 Å². The molecule has 0 saturated heterocycles. The van der Waals surface area contributed by atoms with Gasteiger partial charge in [0.05, 0.1) is 30.8 Å². The Labute approximate surface area is 183 Å². The minimum absolute atomic E-state index is 0.364. The van der Waals surface area contributed by atoms with Crippen LogP contribution in [0.3, 0.4) is 0 Å². The number of esters is 2. The number of unbranched alkanes of at least 4 members (excludes halogenated alkanes) is 3. The summed E-state index contributed by atoms with van der Waals surface area (Å²) >= 11 is 0. The Balaban J connectivity index is 1.69. The average molecular weight is 421 g/mol. The van der Waals surface area contributed by atoms with Crippen molar-refractivity contribution in [2.24, 2.45) is 0 Å². The molecule has 0 aliphatic heterocycles. The maximum absolute atomic E-state index is 12.4. The SMILES string of the molecule is C=CC(=O)OCCCCCCOc1ccc(C(C)C(=O)Oc2ccc(C#N)cc2)cc1. The van der Waals surface area contributed by atoms with Crippen LogP contribution in [0.2, 0.25) is 0 Å². The van der Waals surface area contributed by atoms with Gasteiger partial charge < -0.3 is 14.2 Å². The molecule has 2 aromatic rings. The molecular weight excluding hydrogens is 394 g/mol. The van der Waals surface area contributed by atoms with Crippen LogP contribution >= 0.6 is 0 Å². The molecule has 0 spiro atoms. The van der Waals surface area contributed by atoms with Gasteiger partial charge in [0.15, 0.2) is 0 Å². The van der Waals surface area contributed by atoms with E-state index in [1.165, 1.54) is 0 Å². The fraction of sp³-hybridized carbons (Fsp3) is 0.320. The summed E-state index contributed by atoms with van der Waals surface area (Å²) in [6.07, 6.45) is 4.85. The number of carbonyl (C=O) groups excluding carboxylic acids is 2. The molecule has 0 aromatic heterocycles. The molecule has 2 aromatic carbocycles. The Morgan fingerprint density at radius 3 is 2.19 bits per heavy atom. The lowest BCUT2D eigenvalue weighted by Crippen LogP contribution is -2.16. The van der Waals surface area contributed by atoms with Crippen molar-refractivity contribution in [3.05, 3.63) is 72.3 Å². The molecular formula is C25H27NO5. The van der Waals surface area contributed by atoms with Gasteiger partial charge >= 0.3 is 11.9 Å². The first-order valence-corrected chi connectivity index (χ1v) is 10.3. The highest BCUT2D eigenvalue weighted by atomic mass is 16.5. The number of nitriles is 1. The van der Waals surface area contributed by atoms with Crippen molar-refractivity contribution in [2.75, 3.05) is 13.2 Å². The molecule has 0 amide bonds. The van der Waals surface area contributed by atoms with E-state index in [1.807, 2.05) is 30.3 Å². The van der Waals surface area contributed by atoms with Gasteiger partial charge in [0.25, 0.3) is 0 Å². The van der Waals surface area contributed by atoms with Crippen LogP contribution in [-0.4, -0.2) is 25.2 Å². The highest BCUT2D eigenvalue weighted by Gasteiger charge is 2.17. The highest BCUT2D eigenvalue weighted by Crippen LogP contribution is 2.22. The number of carbonyl (C=O) groups is 2. The smallest absolute Gasteiger partial charge is 0.330 e. The summed E-state index contributed by atoms with van der Waals surface area (Å²) in [6, 6.07) is 15.8. The van der Waals surface area contributed by atoms with Crippen molar-refractivity contribution in [1.82, 2.24) is 0 Å². The largest absolute Gasteiger partial charge is 0.494 e. The summed E-state index contributed by atoms with van der Waals surface area (Å²) in [5, 5.41) is 8.82. The Kier molecular flexibility index (Phi) is 9.83. The zero-order chi connectivity index (χ0) is 22.5. The van der Waals surface area contributed by atoms with Crippen molar-refractivity contribution in [3.8, 4) is 17.6 Å². The van der Waals surface area contributed by atoms with Gasteiger partial charge in [0, 0.05) is 6.08 Å². The van der Waals surface area contributed by atoms with E-state index < -0.39 is 5.92 Å². The summed E-state index contributed by atoms with van der Waals surface area (Å²) in [5.74, 6) is -0.0216. The van der Waals surface area contributed by atoms with Crippen LogP contribution in [0.1, 0.15) is 49.7 Å². The van der Waals surface area contributed by atoms with E-state index in [4.69, 9.17) is 19.5 Å². The lowest BCUT2D eigenvalue weighted by molar-refractivity contribution is -0.138. The van der Waals surface area contributed by atoms with E-state index in [1.54, 1.807) is 31.2 Å². The lowest BCUT2D eigenvalue weighted by Gasteiger charge is -2.13. The zero-order valence-corrected chi connectivity index (χ0v) is 17.7. The fourth-order valence-corrected chi connectivity index (χ4v) is 2.77. The molecule has 6 nitrogen and oxygen atoms in total. The van der Waals surface area contributed by atoms with Crippen LogP contribution in [0.15, 0.2) is 61.2 Å². The lowest BCUT2D eigenvalue weighted by atomic mass is 10.0. The molecule has 0 bridgehead atoms. The third-order valence-corrected chi connectivity index (χ3v) is 4.65. The minimum atomic E-state index is -0.431. The first-order chi connectivity index (χ1) is 15.0. The first kappa shape index (κ1) is 23.7. The Bertz CT molecular complexity index is 897. The fourth-order valence-electron chi connectivity index (χ4n) is 2.77. The van der Waals surface area contributed by atoms with Crippen LogP contribution in [0.25, 0.3) is 0 Å². The molecule has 0 fully saturated rings. The van der Waals surface area contributed by atoms with Crippen molar-refractivity contribution in [1.29, 1.82) is 5.26 Å². The standard InChI is InChI=1S/C25H27NO5/c1-3-24(27)30-17-7-5-4-6-16-29-22-14-10-21(11-15-22)19(2)25(28)31-23-12-8-20(18-26)9-13-23/h3,8-15,19H,1,4-7,16-17H2,2H3. The number of nitrogens with zero attached hydrogens (tertiary/aromatic N) is 1. The van der Waals surface area contributed by atoms with E-state index in [0.717, 1.165) is 43.1 Å². The van der Waals surface area contributed by atoms with Crippen molar-refractivity contribution < 1.29 is 23.8 Å². The van der Waals surface area contributed by atoms with Gasteiger partial charge in [-0.25, -0.2) is 4.79 Å². The Morgan fingerprint density at radius 1 is 0.968 bits per heavy atom. The molecule has 0 radical (unpaired) electrons. The third-order valence-electron chi connectivity index (χ3n) is 4.65. The quantitative estimate of drug-likeness (QED) is 0.209. The minimum Gasteiger partial charge on any atom is -0.494 e. The zero-order valence-electron chi connectivity index (χ0n) is 17.7. The van der Waals surface area contributed by atoms with Crippen molar-refractivity contribution in [3.63, 3.8) is 0 Å². The second-order valence-corrected chi connectivity index (χ2v) is 6.98. The summed E-state index contributed by atoms with van der Waals surface area (Å²) in [5.41, 5.74) is 1.34. The van der Waals surface area contributed by atoms with Crippen LogP contribution in [0, 0.1) is 11.3 Å². The number of hydrogen-bond donors (Lipinski definition) is 0. The maximum Gasteiger partial charge on any atom is 0.330 e. The number of benzene rings is 2. The van der Waals surface area contributed by atoms with E-state index in [2.05, 4.69) is 6.58 Å². The summed E-state index contributed by atoms with van der Waals surface area (Å²) in [6.45, 7) is 6.15. The topological polar surface area (TPSA) is 85.6 Å². The third kappa shape index (κ3) is 8.35. The van der Waals surface area contributed by atoms with Crippen LogP contribution < -0.4 is 9.47 Å². The molecule has 0 saturated carbocycles. The Morgan fingerprint density at radius 2 is 1.58 bits per heavy atom. The number of hydrogen-bond acceptors (Lipinski definition) is 6. The normalized spacial score (nSPS) is 11.1. The second-order valence-electron chi connectivity index (χ2n) is 6.98. The predicted octanol–water partition coefficient (Wildman–Crippen LogP) is 4.94. The molecule has 0 aliphatic carbocycles. The highest BCUT2D eigenvalue weighted by molar-refractivity contribution is 5.81. The van der Waals surface area contributed by atoms with Gasteiger partial charge in [0.2, 0.25) is 0 Å². The van der Waals surface area contributed by atoms with Crippen LogP contribution in [0.4, 0.5) is 0 Å². The first-order valence-electron chi connectivity index (χ1n) is 10.3. The van der Waals surface area contributed by atoms with E-state index in [0.29, 0.717) is 24.5 Å². The van der Waals surface area contributed by atoms with Crippen molar-refractivity contribution in [2.45, 2.75) is 38.5 Å². The van der Waals surface area contributed by atoms with Crippen LogP contribution in [-0.2, 0) is 14.3 Å². The van der Waals surface area contributed by atoms with Crippen molar-refractivity contribution >= 4 is 11.9 Å². The summed E-state index contributed by atoms with van der Waals surface area (Å²) in [4.78, 5) is 23.3. The van der Waals surface area contributed by atoms with Gasteiger partial charge in [-0.1, -0.05) is 18.7 Å². The number of rotatable bonds is 12. The molecule has 0 aliphatic rings. The molecule has 0 N–H and O–H groups in total. The van der Waals surface area contributed by atoms with E-state index in [-0.39, 0.29) is 11.9 Å². The van der Waals surface area contributed by atoms with Gasteiger partial charge in [0.1, 0.15) is 11.5 Å². The number of ether oxygens (including phenoxy) is 3. The van der Waals surface area contributed by atoms with Gasteiger partial charge in [-0.3, -0.25) is 4.79 Å². The summed E-state index contributed by atoms with van der Waals surface area (Å²) < 4.78 is 16.1. The summed E-state index contributed by atoms with van der Waals surface area (Å²) in [7, 11) is 0. The second kappa shape index (κ2) is 12.9. The van der Waals surface area contributed by atoms with E-state index >= 15 is 0 Å². The van der Waals surface area contributed by atoms with Crippen LogP contribution in [0.5, 0.6) is 11.5 Å². The monoisotopic (exact) mass is 421 g/mol. The van der Waals surface area contributed by atoms with E-state index in [9.17, 15) is 9.59 Å². The average Bonchev–Trinajstić information content (AvgIpc) is 2.81. The molecule has 162 valence electrons.